The molecule has 0 aliphatic rings. The Labute approximate surface area is 122 Å². The molecule has 1 unspecified atom stereocenters. The van der Waals surface area contributed by atoms with Gasteiger partial charge in [-0.25, -0.2) is 0 Å². The molecular weight excluding hydrogens is 302 g/mol. The summed E-state index contributed by atoms with van der Waals surface area (Å²) in [6, 6.07) is 16.2. The number of benzene rings is 2. The number of anilines is 1. The van der Waals surface area contributed by atoms with Crippen molar-refractivity contribution < 1.29 is 4.74 Å². The second kappa shape index (κ2) is 6.62. The quantitative estimate of drug-likeness (QED) is 0.867. The Balaban J connectivity index is 1.87. The molecule has 2 aromatic rings. The van der Waals surface area contributed by atoms with E-state index in [1.54, 1.807) is 0 Å². The minimum atomic E-state index is 0.112. The zero-order valence-corrected chi connectivity index (χ0v) is 12.8. The third kappa shape index (κ3) is 4.28. The first-order valence-corrected chi connectivity index (χ1v) is 7.16. The summed E-state index contributed by atoms with van der Waals surface area (Å²) >= 11 is 3.49. The third-order valence-corrected chi connectivity index (χ3v) is 3.72. The van der Waals surface area contributed by atoms with Gasteiger partial charge in [0.25, 0.3) is 0 Å². The van der Waals surface area contributed by atoms with Gasteiger partial charge in [-0.2, -0.15) is 0 Å². The van der Waals surface area contributed by atoms with Gasteiger partial charge in [0.2, 0.25) is 0 Å². The van der Waals surface area contributed by atoms with Crippen LogP contribution in [0.2, 0.25) is 0 Å². The first kappa shape index (κ1) is 13.9. The van der Waals surface area contributed by atoms with E-state index in [4.69, 9.17) is 4.74 Å². The van der Waals surface area contributed by atoms with Crippen LogP contribution in [0.25, 0.3) is 0 Å². The molecule has 0 aliphatic heterocycles. The molecule has 3 heteroatoms. The van der Waals surface area contributed by atoms with Gasteiger partial charge in [-0.3, -0.25) is 0 Å². The number of hydrogen-bond donors (Lipinski definition) is 1. The molecule has 100 valence electrons. The molecule has 1 atom stereocenters. The molecule has 0 aliphatic carbocycles. The van der Waals surface area contributed by atoms with Crippen LogP contribution in [0.15, 0.2) is 53.0 Å². The second-order valence-electron chi connectivity index (χ2n) is 4.59. The van der Waals surface area contributed by atoms with Crippen molar-refractivity contribution in [3.05, 3.63) is 58.6 Å². The highest BCUT2D eigenvalue weighted by molar-refractivity contribution is 9.10. The summed E-state index contributed by atoms with van der Waals surface area (Å²) in [6.07, 6.45) is 0.112. The fourth-order valence-corrected chi connectivity index (χ4v) is 2.03. The van der Waals surface area contributed by atoms with Gasteiger partial charge in [-0.1, -0.05) is 34.1 Å². The highest BCUT2D eigenvalue weighted by atomic mass is 79.9. The Morgan fingerprint density at radius 3 is 2.58 bits per heavy atom. The molecule has 0 saturated heterocycles. The van der Waals surface area contributed by atoms with E-state index in [-0.39, 0.29) is 6.10 Å². The number of rotatable bonds is 5. The van der Waals surface area contributed by atoms with Crippen LogP contribution in [0.1, 0.15) is 12.5 Å². The molecule has 2 nitrogen and oxygen atoms in total. The summed E-state index contributed by atoms with van der Waals surface area (Å²) in [7, 11) is 0. The lowest BCUT2D eigenvalue weighted by atomic mass is 10.2. The van der Waals surface area contributed by atoms with Gasteiger partial charge in [-0.15, -0.1) is 0 Å². The van der Waals surface area contributed by atoms with Crippen molar-refractivity contribution in [3.8, 4) is 5.75 Å². The SMILES string of the molecule is Cc1cc(OC(C)CNc2ccccc2)ccc1Br. The smallest absolute Gasteiger partial charge is 0.120 e. The Kier molecular flexibility index (Phi) is 4.86. The molecule has 0 radical (unpaired) electrons. The Bertz CT molecular complexity index is 528. The summed E-state index contributed by atoms with van der Waals surface area (Å²) in [5.41, 5.74) is 2.30. The lowest BCUT2D eigenvalue weighted by Gasteiger charge is -2.16. The first-order chi connectivity index (χ1) is 9.15. The highest BCUT2D eigenvalue weighted by Gasteiger charge is 2.05. The molecule has 0 heterocycles. The predicted octanol–water partition coefficient (Wildman–Crippen LogP) is 4.64. The van der Waals surface area contributed by atoms with Crippen LogP contribution in [0.5, 0.6) is 5.75 Å². The van der Waals surface area contributed by atoms with E-state index in [9.17, 15) is 0 Å². The molecule has 2 rings (SSSR count). The Morgan fingerprint density at radius 2 is 1.89 bits per heavy atom. The van der Waals surface area contributed by atoms with Crippen LogP contribution in [0, 0.1) is 6.92 Å². The van der Waals surface area contributed by atoms with E-state index in [1.165, 1.54) is 5.56 Å². The van der Waals surface area contributed by atoms with Gasteiger partial charge in [-0.05, 0) is 49.7 Å². The number of ether oxygens (including phenoxy) is 1. The number of halogens is 1. The van der Waals surface area contributed by atoms with Gasteiger partial charge in [0, 0.05) is 10.2 Å². The van der Waals surface area contributed by atoms with E-state index < -0.39 is 0 Å². The van der Waals surface area contributed by atoms with Gasteiger partial charge < -0.3 is 10.1 Å². The van der Waals surface area contributed by atoms with Crippen molar-refractivity contribution >= 4 is 21.6 Å². The molecule has 19 heavy (non-hydrogen) atoms. The van der Waals surface area contributed by atoms with Crippen molar-refractivity contribution in [1.29, 1.82) is 0 Å². The summed E-state index contributed by atoms with van der Waals surface area (Å²) < 4.78 is 6.99. The zero-order chi connectivity index (χ0) is 13.7. The van der Waals surface area contributed by atoms with Crippen molar-refractivity contribution in [2.24, 2.45) is 0 Å². The molecule has 1 N–H and O–H groups in total. The summed E-state index contributed by atoms with van der Waals surface area (Å²) in [5.74, 6) is 0.906. The molecule has 0 bridgehead atoms. The predicted molar refractivity (Wildman–Crippen MR) is 83.9 cm³/mol. The lowest BCUT2D eigenvalue weighted by molar-refractivity contribution is 0.234. The largest absolute Gasteiger partial charge is 0.489 e. The molecule has 0 aromatic heterocycles. The van der Waals surface area contributed by atoms with Crippen LogP contribution in [-0.4, -0.2) is 12.6 Å². The van der Waals surface area contributed by atoms with Gasteiger partial charge in [0.15, 0.2) is 0 Å². The van der Waals surface area contributed by atoms with Crippen molar-refractivity contribution in [2.75, 3.05) is 11.9 Å². The maximum Gasteiger partial charge on any atom is 0.120 e. The Morgan fingerprint density at radius 1 is 1.16 bits per heavy atom. The number of nitrogens with one attached hydrogen (secondary N) is 1. The fourth-order valence-electron chi connectivity index (χ4n) is 1.78. The van der Waals surface area contributed by atoms with Crippen LogP contribution < -0.4 is 10.1 Å². The maximum absolute atomic E-state index is 5.89. The number of para-hydroxylation sites is 1. The van der Waals surface area contributed by atoms with Gasteiger partial charge >= 0.3 is 0 Å². The van der Waals surface area contributed by atoms with E-state index in [0.29, 0.717) is 0 Å². The van der Waals surface area contributed by atoms with Crippen molar-refractivity contribution in [2.45, 2.75) is 20.0 Å². The number of aryl methyl sites for hydroxylation is 1. The first-order valence-electron chi connectivity index (χ1n) is 6.37. The minimum Gasteiger partial charge on any atom is -0.489 e. The standard InChI is InChI=1S/C16H18BrNO/c1-12-10-15(8-9-16(12)17)19-13(2)11-18-14-6-4-3-5-7-14/h3-10,13,18H,11H2,1-2H3. The topological polar surface area (TPSA) is 21.3 Å². The molecule has 0 fully saturated rings. The lowest BCUT2D eigenvalue weighted by Crippen LogP contribution is -2.22. The summed E-state index contributed by atoms with van der Waals surface area (Å²) in [5, 5.41) is 3.36. The summed E-state index contributed by atoms with van der Waals surface area (Å²) in [6.45, 7) is 4.90. The van der Waals surface area contributed by atoms with Crippen molar-refractivity contribution in [3.63, 3.8) is 0 Å². The van der Waals surface area contributed by atoms with Crippen LogP contribution in [-0.2, 0) is 0 Å². The van der Waals surface area contributed by atoms with E-state index in [0.717, 1.165) is 22.5 Å². The molecular formula is C16H18BrNO. The average molecular weight is 320 g/mol. The minimum absolute atomic E-state index is 0.112. The second-order valence-corrected chi connectivity index (χ2v) is 5.44. The zero-order valence-electron chi connectivity index (χ0n) is 11.2. The average Bonchev–Trinajstić information content (AvgIpc) is 2.42. The van der Waals surface area contributed by atoms with Gasteiger partial charge in [0.1, 0.15) is 11.9 Å². The Hall–Kier alpha value is -1.48. The molecule has 0 spiro atoms. The molecule has 0 amide bonds. The fraction of sp³-hybridized carbons (Fsp3) is 0.250. The normalized spacial score (nSPS) is 11.9. The highest BCUT2D eigenvalue weighted by Crippen LogP contribution is 2.22. The van der Waals surface area contributed by atoms with Crippen molar-refractivity contribution in [1.82, 2.24) is 0 Å². The number of hydrogen-bond acceptors (Lipinski definition) is 2. The van der Waals surface area contributed by atoms with E-state index in [2.05, 4.69) is 47.2 Å². The monoisotopic (exact) mass is 319 g/mol. The van der Waals surface area contributed by atoms with Crippen LogP contribution in [0.3, 0.4) is 0 Å². The van der Waals surface area contributed by atoms with E-state index in [1.807, 2.05) is 36.4 Å². The van der Waals surface area contributed by atoms with Crippen LogP contribution >= 0.6 is 15.9 Å². The van der Waals surface area contributed by atoms with Crippen LogP contribution in [0.4, 0.5) is 5.69 Å². The van der Waals surface area contributed by atoms with Gasteiger partial charge in [0.05, 0.1) is 6.54 Å². The molecule has 0 saturated carbocycles. The molecule has 2 aromatic carbocycles. The third-order valence-electron chi connectivity index (χ3n) is 2.83. The maximum atomic E-state index is 5.89. The summed E-state index contributed by atoms with van der Waals surface area (Å²) in [4.78, 5) is 0. The van der Waals surface area contributed by atoms with E-state index >= 15 is 0 Å².